The van der Waals surface area contributed by atoms with Gasteiger partial charge >= 0.3 is 0 Å². The Kier molecular flexibility index (Phi) is 2.51. The Morgan fingerprint density at radius 3 is 2.65 bits per heavy atom. The highest BCUT2D eigenvalue weighted by Crippen LogP contribution is 2.45. The molecule has 0 spiro atoms. The Morgan fingerprint density at radius 2 is 2.06 bits per heavy atom. The number of rotatable bonds is 5. The fraction of sp³-hybridized carbons (Fsp3) is 0.571. The largest absolute Gasteiger partial charge is 0.493 e. The summed E-state index contributed by atoms with van der Waals surface area (Å²) in [5, 5.41) is 0. The zero-order valence-corrected chi connectivity index (χ0v) is 10.2. The van der Waals surface area contributed by atoms with Crippen molar-refractivity contribution in [3.05, 3.63) is 23.8 Å². The summed E-state index contributed by atoms with van der Waals surface area (Å²) in [5.41, 5.74) is 7.26. The van der Waals surface area contributed by atoms with Gasteiger partial charge in [-0.3, -0.25) is 0 Å². The second-order valence-electron chi connectivity index (χ2n) is 5.28. The number of benzene rings is 1. The van der Waals surface area contributed by atoms with Crippen molar-refractivity contribution in [2.75, 3.05) is 13.7 Å². The SMILES string of the molecule is COc1ccc(C2(N)CC2)cc1OCC1CC1. The third kappa shape index (κ3) is 2.25. The third-order valence-corrected chi connectivity index (χ3v) is 3.70. The van der Waals surface area contributed by atoms with E-state index < -0.39 is 0 Å². The lowest BCUT2D eigenvalue weighted by Crippen LogP contribution is -2.18. The maximum Gasteiger partial charge on any atom is 0.161 e. The maximum atomic E-state index is 6.20. The zero-order chi connectivity index (χ0) is 11.9. The van der Waals surface area contributed by atoms with Crippen molar-refractivity contribution in [2.24, 2.45) is 11.7 Å². The molecule has 0 bridgehead atoms. The third-order valence-electron chi connectivity index (χ3n) is 3.70. The van der Waals surface area contributed by atoms with Crippen molar-refractivity contribution in [1.82, 2.24) is 0 Å². The van der Waals surface area contributed by atoms with Crippen LogP contribution in [0.1, 0.15) is 31.2 Å². The number of nitrogens with two attached hydrogens (primary N) is 1. The van der Waals surface area contributed by atoms with Crippen LogP contribution in [0.2, 0.25) is 0 Å². The average molecular weight is 233 g/mol. The van der Waals surface area contributed by atoms with Crippen LogP contribution in [0.5, 0.6) is 11.5 Å². The number of hydrogen-bond donors (Lipinski definition) is 1. The summed E-state index contributed by atoms with van der Waals surface area (Å²) in [6.45, 7) is 0.803. The predicted octanol–water partition coefficient (Wildman–Crippen LogP) is 2.43. The van der Waals surface area contributed by atoms with Gasteiger partial charge in [-0.1, -0.05) is 6.07 Å². The van der Waals surface area contributed by atoms with Gasteiger partial charge in [0.25, 0.3) is 0 Å². The predicted molar refractivity (Wildman–Crippen MR) is 66.3 cm³/mol. The second kappa shape index (κ2) is 3.91. The molecule has 2 fully saturated rings. The Bertz CT molecular complexity index is 422. The zero-order valence-electron chi connectivity index (χ0n) is 10.2. The molecule has 3 heteroatoms. The van der Waals surface area contributed by atoms with Crippen LogP contribution in [-0.4, -0.2) is 13.7 Å². The normalized spacial score (nSPS) is 21.1. The molecule has 0 aliphatic heterocycles. The van der Waals surface area contributed by atoms with Gasteiger partial charge in [-0.05, 0) is 49.3 Å². The molecule has 2 aliphatic carbocycles. The molecule has 1 aromatic carbocycles. The van der Waals surface area contributed by atoms with Gasteiger partial charge in [0.15, 0.2) is 11.5 Å². The monoisotopic (exact) mass is 233 g/mol. The molecular formula is C14H19NO2. The van der Waals surface area contributed by atoms with E-state index in [1.54, 1.807) is 7.11 Å². The lowest BCUT2D eigenvalue weighted by Gasteiger charge is -2.15. The minimum Gasteiger partial charge on any atom is -0.493 e. The molecule has 3 rings (SSSR count). The van der Waals surface area contributed by atoms with E-state index in [0.29, 0.717) is 0 Å². The molecule has 2 N–H and O–H groups in total. The van der Waals surface area contributed by atoms with Crippen LogP contribution in [0.4, 0.5) is 0 Å². The molecule has 0 radical (unpaired) electrons. The van der Waals surface area contributed by atoms with Gasteiger partial charge in [0.2, 0.25) is 0 Å². The first-order valence-electron chi connectivity index (χ1n) is 6.31. The van der Waals surface area contributed by atoms with E-state index in [-0.39, 0.29) is 5.54 Å². The standard InChI is InChI=1S/C14H19NO2/c1-16-12-5-4-11(14(15)6-7-14)8-13(12)17-9-10-2-3-10/h4-5,8,10H,2-3,6-7,9,15H2,1H3. The Balaban J connectivity index is 1.80. The molecule has 0 amide bonds. The molecule has 2 aliphatic rings. The average Bonchev–Trinajstić information content (AvgIpc) is 3.23. The quantitative estimate of drug-likeness (QED) is 0.849. The minimum atomic E-state index is -0.107. The molecule has 0 heterocycles. The van der Waals surface area contributed by atoms with Crippen molar-refractivity contribution in [3.63, 3.8) is 0 Å². The summed E-state index contributed by atoms with van der Waals surface area (Å²) in [4.78, 5) is 0. The second-order valence-corrected chi connectivity index (χ2v) is 5.28. The van der Waals surface area contributed by atoms with Gasteiger partial charge in [0, 0.05) is 5.54 Å². The van der Waals surface area contributed by atoms with Gasteiger partial charge in [-0.15, -0.1) is 0 Å². The number of methoxy groups -OCH3 is 1. The van der Waals surface area contributed by atoms with Gasteiger partial charge < -0.3 is 15.2 Å². The van der Waals surface area contributed by atoms with Crippen LogP contribution in [0, 0.1) is 5.92 Å². The summed E-state index contributed by atoms with van der Waals surface area (Å²) < 4.78 is 11.2. The topological polar surface area (TPSA) is 44.5 Å². The van der Waals surface area contributed by atoms with Crippen LogP contribution >= 0.6 is 0 Å². The lowest BCUT2D eigenvalue weighted by atomic mass is 10.1. The highest BCUT2D eigenvalue weighted by atomic mass is 16.5. The van der Waals surface area contributed by atoms with Gasteiger partial charge in [-0.25, -0.2) is 0 Å². The summed E-state index contributed by atoms with van der Waals surface area (Å²) in [6.07, 6.45) is 4.73. The molecule has 0 saturated heterocycles. The molecule has 2 saturated carbocycles. The summed E-state index contributed by atoms with van der Waals surface area (Å²) in [5.74, 6) is 2.39. The van der Waals surface area contributed by atoms with E-state index >= 15 is 0 Å². The highest BCUT2D eigenvalue weighted by Gasteiger charge is 2.40. The number of ether oxygens (including phenoxy) is 2. The van der Waals surface area contributed by atoms with Crippen molar-refractivity contribution in [3.8, 4) is 11.5 Å². The fourth-order valence-corrected chi connectivity index (χ4v) is 2.01. The summed E-state index contributed by atoms with van der Waals surface area (Å²) >= 11 is 0. The molecule has 0 unspecified atom stereocenters. The van der Waals surface area contributed by atoms with Crippen molar-refractivity contribution >= 4 is 0 Å². The molecule has 17 heavy (non-hydrogen) atoms. The first-order chi connectivity index (χ1) is 8.21. The van der Waals surface area contributed by atoms with Crippen LogP contribution in [-0.2, 0) is 5.54 Å². The molecular weight excluding hydrogens is 214 g/mol. The smallest absolute Gasteiger partial charge is 0.161 e. The van der Waals surface area contributed by atoms with Crippen LogP contribution < -0.4 is 15.2 Å². The van der Waals surface area contributed by atoms with Crippen LogP contribution in [0.25, 0.3) is 0 Å². The minimum absolute atomic E-state index is 0.107. The molecule has 92 valence electrons. The summed E-state index contributed by atoms with van der Waals surface area (Å²) in [6, 6.07) is 6.06. The molecule has 0 atom stereocenters. The highest BCUT2D eigenvalue weighted by molar-refractivity contribution is 5.46. The van der Waals surface area contributed by atoms with E-state index in [9.17, 15) is 0 Å². The van der Waals surface area contributed by atoms with Crippen molar-refractivity contribution in [2.45, 2.75) is 31.2 Å². The first-order valence-corrected chi connectivity index (χ1v) is 6.31. The molecule has 3 nitrogen and oxygen atoms in total. The fourth-order valence-electron chi connectivity index (χ4n) is 2.01. The van der Waals surface area contributed by atoms with Crippen molar-refractivity contribution in [1.29, 1.82) is 0 Å². The summed E-state index contributed by atoms with van der Waals surface area (Å²) in [7, 11) is 1.67. The van der Waals surface area contributed by atoms with Crippen LogP contribution in [0.3, 0.4) is 0 Å². The Labute approximate surface area is 102 Å². The van der Waals surface area contributed by atoms with E-state index in [4.69, 9.17) is 15.2 Å². The van der Waals surface area contributed by atoms with Crippen LogP contribution in [0.15, 0.2) is 18.2 Å². The van der Waals surface area contributed by atoms with E-state index in [2.05, 4.69) is 6.07 Å². The Hall–Kier alpha value is -1.22. The Morgan fingerprint density at radius 1 is 1.29 bits per heavy atom. The molecule has 1 aromatic rings. The van der Waals surface area contributed by atoms with E-state index in [1.807, 2.05) is 12.1 Å². The van der Waals surface area contributed by atoms with Gasteiger partial charge in [0.1, 0.15) is 0 Å². The van der Waals surface area contributed by atoms with Gasteiger partial charge in [-0.2, -0.15) is 0 Å². The lowest BCUT2D eigenvalue weighted by molar-refractivity contribution is 0.280. The first kappa shape index (κ1) is 10.9. The maximum absolute atomic E-state index is 6.20. The molecule has 0 aromatic heterocycles. The number of hydrogen-bond acceptors (Lipinski definition) is 3. The van der Waals surface area contributed by atoms with Gasteiger partial charge in [0.05, 0.1) is 13.7 Å². The van der Waals surface area contributed by atoms with E-state index in [0.717, 1.165) is 36.9 Å². The van der Waals surface area contributed by atoms with E-state index in [1.165, 1.54) is 18.4 Å². The van der Waals surface area contributed by atoms with Crippen molar-refractivity contribution < 1.29 is 9.47 Å².